The molecule has 0 atom stereocenters. The summed E-state index contributed by atoms with van der Waals surface area (Å²) in [6.07, 6.45) is 7.04. The highest BCUT2D eigenvalue weighted by Gasteiger charge is 2.10. The minimum absolute atomic E-state index is 0.151. The maximum atomic E-state index is 11.8. The smallest absolute Gasteiger partial charge is 0.244 e. The van der Waals surface area contributed by atoms with Crippen molar-refractivity contribution in [2.45, 2.75) is 18.2 Å². The van der Waals surface area contributed by atoms with Crippen molar-refractivity contribution < 1.29 is 4.79 Å². The SMILES string of the molecule is C=CCn1c(CNC(=O)C=Cc2cccs2)nnc1SC. The predicted octanol–water partition coefficient (Wildman–Crippen LogP) is 2.58. The molecular weight excluding hydrogens is 304 g/mol. The second kappa shape index (κ2) is 7.80. The highest BCUT2D eigenvalue weighted by molar-refractivity contribution is 7.98. The second-order valence-corrected chi connectivity index (χ2v) is 5.82. The molecule has 0 aromatic carbocycles. The Morgan fingerprint density at radius 1 is 1.57 bits per heavy atom. The van der Waals surface area contributed by atoms with Gasteiger partial charge in [0.25, 0.3) is 0 Å². The van der Waals surface area contributed by atoms with Crippen LogP contribution in [0.15, 0.2) is 41.4 Å². The molecule has 0 radical (unpaired) electrons. The number of aromatic nitrogens is 3. The molecule has 2 aromatic heterocycles. The number of thiophene rings is 1. The number of allylic oxidation sites excluding steroid dienone is 1. The van der Waals surface area contributed by atoms with Gasteiger partial charge in [-0.25, -0.2) is 0 Å². The van der Waals surface area contributed by atoms with E-state index in [4.69, 9.17) is 0 Å². The van der Waals surface area contributed by atoms with E-state index in [0.29, 0.717) is 13.1 Å². The molecule has 0 fully saturated rings. The zero-order valence-corrected chi connectivity index (χ0v) is 13.3. The first kappa shape index (κ1) is 15.5. The maximum absolute atomic E-state index is 11.8. The van der Waals surface area contributed by atoms with Crippen LogP contribution in [-0.4, -0.2) is 26.9 Å². The molecule has 2 rings (SSSR count). The van der Waals surface area contributed by atoms with Crippen molar-refractivity contribution in [2.75, 3.05) is 6.26 Å². The van der Waals surface area contributed by atoms with Gasteiger partial charge in [-0.15, -0.1) is 28.1 Å². The van der Waals surface area contributed by atoms with Crippen LogP contribution in [0.4, 0.5) is 0 Å². The maximum Gasteiger partial charge on any atom is 0.244 e. The van der Waals surface area contributed by atoms with Gasteiger partial charge in [0.2, 0.25) is 5.91 Å². The topological polar surface area (TPSA) is 59.8 Å². The molecule has 1 amide bonds. The van der Waals surface area contributed by atoms with E-state index in [2.05, 4.69) is 22.1 Å². The molecular formula is C14H16N4OS2. The Hall–Kier alpha value is -1.86. The average Bonchev–Trinajstić information content (AvgIpc) is 3.13. The largest absolute Gasteiger partial charge is 0.345 e. The summed E-state index contributed by atoms with van der Waals surface area (Å²) in [6, 6.07) is 3.91. The lowest BCUT2D eigenvalue weighted by molar-refractivity contribution is -0.116. The van der Waals surface area contributed by atoms with E-state index < -0.39 is 0 Å². The van der Waals surface area contributed by atoms with Gasteiger partial charge in [-0.05, 0) is 23.8 Å². The zero-order valence-electron chi connectivity index (χ0n) is 11.7. The summed E-state index contributed by atoms with van der Waals surface area (Å²) in [5.74, 6) is 0.569. The Bertz CT molecular complexity index is 631. The highest BCUT2D eigenvalue weighted by atomic mass is 32.2. The first-order valence-electron chi connectivity index (χ1n) is 6.31. The molecule has 0 bridgehead atoms. The van der Waals surface area contributed by atoms with Gasteiger partial charge in [0.1, 0.15) is 0 Å². The number of carbonyl (C=O) groups is 1. The third-order valence-corrected chi connectivity index (χ3v) is 4.16. The molecule has 5 nitrogen and oxygen atoms in total. The molecule has 7 heteroatoms. The van der Waals surface area contributed by atoms with Crippen molar-refractivity contribution >= 4 is 35.1 Å². The van der Waals surface area contributed by atoms with Crippen molar-refractivity contribution in [1.29, 1.82) is 0 Å². The lowest BCUT2D eigenvalue weighted by Gasteiger charge is -2.06. The van der Waals surface area contributed by atoms with Crippen LogP contribution < -0.4 is 5.32 Å². The summed E-state index contributed by atoms with van der Waals surface area (Å²) >= 11 is 3.10. The minimum Gasteiger partial charge on any atom is -0.345 e. The molecule has 0 saturated carbocycles. The van der Waals surface area contributed by atoms with Crippen LogP contribution in [0.25, 0.3) is 6.08 Å². The lowest BCUT2D eigenvalue weighted by Crippen LogP contribution is -2.22. The van der Waals surface area contributed by atoms with Crippen LogP contribution in [0.5, 0.6) is 0 Å². The first-order valence-corrected chi connectivity index (χ1v) is 8.41. The van der Waals surface area contributed by atoms with E-state index >= 15 is 0 Å². The van der Waals surface area contributed by atoms with Crippen molar-refractivity contribution in [3.63, 3.8) is 0 Å². The number of carbonyl (C=O) groups excluding carboxylic acids is 1. The number of nitrogens with zero attached hydrogens (tertiary/aromatic N) is 3. The Kier molecular flexibility index (Phi) is 5.77. The molecule has 0 aliphatic rings. The zero-order chi connectivity index (χ0) is 15.1. The van der Waals surface area contributed by atoms with Crippen molar-refractivity contribution in [3.05, 3.63) is 46.9 Å². The Labute approximate surface area is 131 Å². The van der Waals surface area contributed by atoms with Gasteiger partial charge in [0.15, 0.2) is 11.0 Å². The van der Waals surface area contributed by atoms with Gasteiger partial charge in [-0.1, -0.05) is 23.9 Å². The normalized spacial score (nSPS) is 10.9. The molecule has 0 saturated heterocycles. The fourth-order valence-corrected chi connectivity index (χ4v) is 2.82. The molecule has 1 N–H and O–H groups in total. The summed E-state index contributed by atoms with van der Waals surface area (Å²) in [6.45, 7) is 4.69. The summed E-state index contributed by atoms with van der Waals surface area (Å²) in [7, 11) is 0. The van der Waals surface area contributed by atoms with Crippen molar-refractivity contribution in [2.24, 2.45) is 0 Å². The fraction of sp³-hybridized carbons (Fsp3) is 0.214. The monoisotopic (exact) mass is 320 g/mol. The minimum atomic E-state index is -0.151. The van der Waals surface area contributed by atoms with E-state index in [9.17, 15) is 4.79 Å². The molecule has 0 unspecified atom stereocenters. The number of amides is 1. The summed E-state index contributed by atoms with van der Waals surface area (Å²) in [5, 5.41) is 13.8. The number of thioether (sulfide) groups is 1. The van der Waals surface area contributed by atoms with E-state index in [1.807, 2.05) is 28.3 Å². The number of nitrogens with one attached hydrogen (secondary N) is 1. The predicted molar refractivity (Wildman–Crippen MR) is 87.2 cm³/mol. The second-order valence-electron chi connectivity index (χ2n) is 4.07. The fourth-order valence-electron chi connectivity index (χ4n) is 1.68. The van der Waals surface area contributed by atoms with Crippen molar-refractivity contribution in [1.82, 2.24) is 20.1 Å². The molecule has 2 aromatic rings. The molecule has 2 heterocycles. The molecule has 0 spiro atoms. The third kappa shape index (κ3) is 4.30. The van der Waals surface area contributed by atoms with Crippen LogP contribution in [0.1, 0.15) is 10.7 Å². The first-order chi connectivity index (χ1) is 10.2. The van der Waals surface area contributed by atoms with Gasteiger partial charge in [-0.3, -0.25) is 4.79 Å². The van der Waals surface area contributed by atoms with E-state index in [1.165, 1.54) is 17.8 Å². The molecule has 0 aliphatic carbocycles. The van der Waals surface area contributed by atoms with Gasteiger partial charge in [0, 0.05) is 17.5 Å². The van der Waals surface area contributed by atoms with Gasteiger partial charge < -0.3 is 9.88 Å². The third-order valence-electron chi connectivity index (χ3n) is 2.65. The number of hydrogen-bond acceptors (Lipinski definition) is 5. The number of hydrogen-bond donors (Lipinski definition) is 1. The molecule has 110 valence electrons. The summed E-state index contributed by atoms with van der Waals surface area (Å²) in [5.41, 5.74) is 0. The Balaban J connectivity index is 1.94. The van der Waals surface area contributed by atoms with E-state index in [-0.39, 0.29) is 5.91 Å². The Morgan fingerprint density at radius 2 is 2.43 bits per heavy atom. The van der Waals surface area contributed by atoms with Gasteiger partial charge >= 0.3 is 0 Å². The van der Waals surface area contributed by atoms with Crippen LogP contribution in [0, 0.1) is 0 Å². The summed E-state index contributed by atoms with van der Waals surface area (Å²) < 4.78 is 1.93. The number of rotatable bonds is 7. The lowest BCUT2D eigenvalue weighted by atomic mass is 10.4. The molecule has 21 heavy (non-hydrogen) atoms. The van der Waals surface area contributed by atoms with Crippen molar-refractivity contribution in [3.8, 4) is 0 Å². The molecule has 0 aliphatic heterocycles. The van der Waals surface area contributed by atoms with Crippen LogP contribution in [-0.2, 0) is 17.9 Å². The van der Waals surface area contributed by atoms with Crippen LogP contribution in [0.3, 0.4) is 0 Å². The van der Waals surface area contributed by atoms with E-state index in [0.717, 1.165) is 15.9 Å². The van der Waals surface area contributed by atoms with Crippen LogP contribution in [0.2, 0.25) is 0 Å². The Morgan fingerprint density at radius 3 is 3.10 bits per heavy atom. The van der Waals surface area contributed by atoms with Crippen LogP contribution >= 0.6 is 23.1 Å². The van der Waals surface area contributed by atoms with Gasteiger partial charge in [-0.2, -0.15) is 0 Å². The highest BCUT2D eigenvalue weighted by Crippen LogP contribution is 2.13. The summed E-state index contributed by atoms with van der Waals surface area (Å²) in [4.78, 5) is 12.8. The quantitative estimate of drug-likeness (QED) is 0.484. The standard InChI is InChI=1S/C14H16N4OS2/c1-3-8-18-12(16-17-14(18)20-2)10-15-13(19)7-6-11-5-4-9-21-11/h3-7,9H,1,8,10H2,2H3,(H,15,19). The van der Waals surface area contributed by atoms with Gasteiger partial charge in [0.05, 0.1) is 6.54 Å². The van der Waals surface area contributed by atoms with E-state index in [1.54, 1.807) is 23.5 Å². The average molecular weight is 320 g/mol.